The lowest BCUT2D eigenvalue weighted by Gasteiger charge is -2.33. The van der Waals surface area contributed by atoms with Crippen LogP contribution in [0.25, 0.3) is 0 Å². The minimum atomic E-state index is -5.21. The Morgan fingerprint density at radius 3 is 1.95 bits per heavy atom. The molecule has 122 valence electrons. The van der Waals surface area contributed by atoms with Gasteiger partial charge in [-0.25, -0.2) is 4.39 Å². The van der Waals surface area contributed by atoms with E-state index in [1.807, 2.05) is 0 Å². The number of hydrogen-bond donors (Lipinski definition) is 1. The van der Waals surface area contributed by atoms with Crippen molar-refractivity contribution in [3.63, 3.8) is 0 Å². The zero-order valence-corrected chi connectivity index (χ0v) is 11.4. The van der Waals surface area contributed by atoms with Crippen molar-refractivity contribution in [3.05, 3.63) is 24.1 Å². The third kappa shape index (κ3) is 4.76. The van der Waals surface area contributed by atoms with Crippen LogP contribution in [0.2, 0.25) is 0 Å². The van der Waals surface area contributed by atoms with E-state index in [1.54, 1.807) is 0 Å². The summed E-state index contributed by atoms with van der Waals surface area (Å²) in [6, 6.07) is 0. The molecule has 0 aromatic rings. The fourth-order valence-electron chi connectivity index (χ4n) is 2.62. The van der Waals surface area contributed by atoms with Crippen LogP contribution in [0.5, 0.6) is 0 Å². The molecule has 1 unspecified atom stereocenters. The predicted molar refractivity (Wildman–Crippen MR) is 66.3 cm³/mol. The standard InChI is InChI=1S/C14H18F6O/c1-9(10-5-3-2-4-6-10)7-13(21,14(18,19)20)8-11(15)12(16)17/h10,21H,1-8H2. The van der Waals surface area contributed by atoms with Crippen LogP contribution >= 0.6 is 0 Å². The molecule has 0 aromatic carbocycles. The second kappa shape index (κ2) is 6.85. The van der Waals surface area contributed by atoms with Crippen LogP contribution in [-0.4, -0.2) is 16.9 Å². The van der Waals surface area contributed by atoms with E-state index in [4.69, 9.17) is 0 Å². The maximum absolute atomic E-state index is 12.9. The zero-order valence-electron chi connectivity index (χ0n) is 11.4. The average Bonchev–Trinajstić information content (AvgIpc) is 2.38. The van der Waals surface area contributed by atoms with Gasteiger partial charge in [0.05, 0.1) is 0 Å². The first-order valence-electron chi connectivity index (χ1n) is 6.73. The monoisotopic (exact) mass is 316 g/mol. The van der Waals surface area contributed by atoms with Crippen molar-refractivity contribution in [2.45, 2.75) is 56.7 Å². The second-order valence-electron chi connectivity index (χ2n) is 5.54. The van der Waals surface area contributed by atoms with E-state index in [0.717, 1.165) is 19.3 Å². The van der Waals surface area contributed by atoms with Gasteiger partial charge in [-0.2, -0.15) is 22.0 Å². The first kappa shape index (κ1) is 18.1. The summed E-state index contributed by atoms with van der Waals surface area (Å²) in [6.07, 6.45) is -6.81. The molecule has 1 fully saturated rings. The molecule has 1 atom stereocenters. The summed E-state index contributed by atoms with van der Waals surface area (Å²) in [6.45, 7) is 3.54. The fourth-order valence-corrected chi connectivity index (χ4v) is 2.62. The molecule has 0 bridgehead atoms. The van der Waals surface area contributed by atoms with Gasteiger partial charge in [-0.3, -0.25) is 0 Å². The highest BCUT2D eigenvalue weighted by molar-refractivity contribution is 5.12. The predicted octanol–water partition coefficient (Wildman–Crippen LogP) is 5.27. The van der Waals surface area contributed by atoms with Crippen molar-refractivity contribution in [1.82, 2.24) is 0 Å². The molecule has 0 amide bonds. The highest BCUT2D eigenvalue weighted by atomic mass is 19.4. The summed E-state index contributed by atoms with van der Waals surface area (Å²) >= 11 is 0. The summed E-state index contributed by atoms with van der Waals surface area (Å²) in [4.78, 5) is 0. The van der Waals surface area contributed by atoms with Gasteiger partial charge in [0.1, 0.15) is 0 Å². The van der Waals surface area contributed by atoms with Gasteiger partial charge in [-0.1, -0.05) is 31.4 Å². The van der Waals surface area contributed by atoms with Gasteiger partial charge >= 0.3 is 12.3 Å². The smallest absolute Gasteiger partial charge is 0.380 e. The normalized spacial score (nSPS) is 20.0. The lowest BCUT2D eigenvalue weighted by molar-refractivity contribution is -0.260. The minimum Gasteiger partial charge on any atom is -0.380 e. The molecule has 1 nitrogen and oxygen atoms in total. The van der Waals surface area contributed by atoms with Crippen LogP contribution in [0.4, 0.5) is 26.3 Å². The van der Waals surface area contributed by atoms with E-state index in [-0.39, 0.29) is 11.5 Å². The summed E-state index contributed by atoms with van der Waals surface area (Å²) in [5, 5.41) is 9.67. The number of hydrogen-bond acceptors (Lipinski definition) is 1. The summed E-state index contributed by atoms with van der Waals surface area (Å²) in [5.74, 6) is -2.43. The Kier molecular flexibility index (Phi) is 5.90. The molecule has 1 N–H and O–H groups in total. The molecule has 0 radical (unpaired) electrons. The molecule has 0 aliphatic heterocycles. The third-order valence-corrected chi connectivity index (χ3v) is 3.88. The van der Waals surface area contributed by atoms with E-state index in [0.29, 0.717) is 12.8 Å². The first-order chi connectivity index (χ1) is 9.57. The van der Waals surface area contributed by atoms with Crippen LogP contribution in [-0.2, 0) is 0 Å². The Bertz CT molecular complexity index is 404. The lowest BCUT2D eigenvalue weighted by Crippen LogP contribution is -2.46. The molecular formula is C14H18F6O. The van der Waals surface area contributed by atoms with Gasteiger partial charge in [0, 0.05) is 12.8 Å². The number of rotatable bonds is 5. The lowest BCUT2D eigenvalue weighted by atomic mass is 9.79. The largest absolute Gasteiger partial charge is 0.417 e. The van der Waals surface area contributed by atoms with E-state index < -0.39 is 36.5 Å². The Hall–Kier alpha value is -0.980. The molecule has 1 rings (SSSR count). The van der Waals surface area contributed by atoms with Gasteiger partial charge in [-0.15, -0.1) is 0 Å². The topological polar surface area (TPSA) is 20.2 Å². The highest BCUT2D eigenvalue weighted by Crippen LogP contribution is 2.43. The Labute approximate surface area is 119 Å². The number of alkyl halides is 3. The molecule has 1 aliphatic rings. The van der Waals surface area contributed by atoms with Crippen LogP contribution in [0.3, 0.4) is 0 Å². The van der Waals surface area contributed by atoms with Gasteiger partial charge in [-0.05, 0) is 18.8 Å². The molecule has 1 saturated carbocycles. The Morgan fingerprint density at radius 1 is 1.00 bits per heavy atom. The minimum absolute atomic E-state index is 0.140. The summed E-state index contributed by atoms with van der Waals surface area (Å²) < 4.78 is 75.8. The third-order valence-electron chi connectivity index (χ3n) is 3.88. The molecule has 1 aliphatic carbocycles. The molecular weight excluding hydrogens is 298 g/mol. The van der Waals surface area contributed by atoms with E-state index in [2.05, 4.69) is 6.58 Å². The van der Waals surface area contributed by atoms with Gasteiger partial charge < -0.3 is 5.11 Å². The van der Waals surface area contributed by atoms with E-state index >= 15 is 0 Å². The zero-order chi connectivity index (χ0) is 16.3. The average molecular weight is 316 g/mol. The SMILES string of the molecule is C=C(CC(O)(CC(F)=C(F)F)C(F)(F)F)C1CCCCC1. The molecule has 0 saturated heterocycles. The van der Waals surface area contributed by atoms with E-state index in [1.165, 1.54) is 0 Å². The fraction of sp³-hybridized carbons (Fsp3) is 0.714. The molecule has 7 heteroatoms. The van der Waals surface area contributed by atoms with Crippen LogP contribution in [0.1, 0.15) is 44.9 Å². The van der Waals surface area contributed by atoms with Crippen molar-refractivity contribution in [3.8, 4) is 0 Å². The molecule has 21 heavy (non-hydrogen) atoms. The van der Waals surface area contributed by atoms with Crippen molar-refractivity contribution in [2.24, 2.45) is 5.92 Å². The Balaban J connectivity index is 2.87. The highest BCUT2D eigenvalue weighted by Gasteiger charge is 2.54. The summed E-state index contributed by atoms with van der Waals surface area (Å²) in [7, 11) is 0. The van der Waals surface area contributed by atoms with Crippen LogP contribution in [0.15, 0.2) is 24.1 Å². The Morgan fingerprint density at radius 2 is 1.52 bits per heavy atom. The number of aliphatic hydroxyl groups is 1. The second-order valence-corrected chi connectivity index (χ2v) is 5.54. The number of halogens is 6. The maximum atomic E-state index is 12.9. The first-order valence-corrected chi connectivity index (χ1v) is 6.73. The van der Waals surface area contributed by atoms with Gasteiger partial charge in [0.2, 0.25) is 0 Å². The van der Waals surface area contributed by atoms with Crippen molar-refractivity contribution < 1.29 is 31.4 Å². The van der Waals surface area contributed by atoms with Crippen LogP contribution in [0, 0.1) is 5.92 Å². The van der Waals surface area contributed by atoms with Gasteiger partial charge in [0.15, 0.2) is 11.4 Å². The van der Waals surface area contributed by atoms with Gasteiger partial charge in [0.25, 0.3) is 0 Å². The van der Waals surface area contributed by atoms with Crippen molar-refractivity contribution in [1.29, 1.82) is 0 Å². The maximum Gasteiger partial charge on any atom is 0.417 e. The van der Waals surface area contributed by atoms with Crippen molar-refractivity contribution >= 4 is 0 Å². The summed E-state index contributed by atoms with van der Waals surface area (Å²) in [5.41, 5.74) is -3.41. The van der Waals surface area contributed by atoms with Crippen molar-refractivity contribution in [2.75, 3.05) is 0 Å². The quantitative estimate of drug-likeness (QED) is 0.541. The van der Waals surface area contributed by atoms with E-state index in [9.17, 15) is 31.4 Å². The molecule has 0 spiro atoms. The molecule has 0 aromatic heterocycles. The molecule has 0 heterocycles. The van der Waals surface area contributed by atoms with Crippen LogP contribution < -0.4 is 0 Å².